The van der Waals surface area contributed by atoms with Crippen LogP contribution in [0.1, 0.15) is 27.2 Å². The van der Waals surface area contributed by atoms with Gasteiger partial charge >= 0.3 is 12.1 Å². The third-order valence-electron chi connectivity index (χ3n) is 2.46. The van der Waals surface area contributed by atoms with Crippen molar-refractivity contribution in [3.05, 3.63) is 11.9 Å². The first-order chi connectivity index (χ1) is 8.28. The molecule has 1 rings (SSSR count). The maximum atomic E-state index is 12.5. The Bertz CT molecular complexity index is 373. The molecule has 0 aromatic rings. The molecular formula is C12H18FNO4. The molecule has 0 N–H and O–H groups in total. The first-order valence-corrected chi connectivity index (χ1v) is 5.64. The van der Waals surface area contributed by atoms with Gasteiger partial charge in [0.2, 0.25) is 0 Å². The van der Waals surface area contributed by atoms with Gasteiger partial charge in [0.05, 0.1) is 13.4 Å². The standard InChI is InChI=1S/C12H18FNO4/c1-12(2,3)18-11(16)14-7-8(6-13)5-9(14)10(15)17-4/h6,9H,5,7H2,1-4H3/t9-/m1/s1. The highest BCUT2D eigenvalue weighted by Crippen LogP contribution is 2.25. The molecule has 0 aromatic heterocycles. The van der Waals surface area contributed by atoms with Gasteiger partial charge in [0.15, 0.2) is 0 Å². The maximum Gasteiger partial charge on any atom is 0.411 e. The van der Waals surface area contributed by atoms with Crippen molar-refractivity contribution in [2.45, 2.75) is 38.8 Å². The van der Waals surface area contributed by atoms with Gasteiger partial charge in [0, 0.05) is 13.0 Å². The van der Waals surface area contributed by atoms with Gasteiger partial charge in [-0.2, -0.15) is 0 Å². The second-order valence-corrected chi connectivity index (χ2v) is 5.12. The minimum absolute atomic E-state index is 0.0468. The lowest BCUT2D eigenvalue weighted by molar-refractivity contribution is -0.145. The van der Waals surface area contributed by atoms with E-state index in [0.717, 1.165) is 0 Å². The zero-order valence-electron chi connectivity index (χ0n) is 11.0. The summed E-state index contributed by atoms with van der Waals surface area (Å²) < 4.78 is 22.3. The molecule has 1 atom stereocenters. The van der Waals surface area contributed by atoms with Crippen LogP contribution in [0, 0.1) is 0 Å². The molecule has 1 amide bonds. The summed E-state index contributed by atoms with van der Waals surface area (Å²) in [7, 11) is 1.23. The zero-order valence-corrected chi connectivity index (χ0v) is 11.0. The third-order valence-corrected chi connectivity index (χ3v) is 2.46. The summed E-state index contributed by atoms with van der Waals surface area (Å²) in [5.41, 5.74) is -0.295. The number of likely N-dealkylation sites (tertiary alicyclic amines) is 1. The van der Waals surface area contributed by atoms with E-state index in [-0.39, 0.29) is 13.0 Å². The van der Waals surface area contributed by atoms with Crippen LogP contribution in [0.3, 0.4) is 0 Å². The van der Waals surface area contributed by atoms with Gasteiger partial charge in [0.1, 0.15) is 11.6 Å². The fraction of sp³-hybridized carbons (Fsp3) is 0.667. The molecule has 1 aliphatic heterocycles. The molecule has 1 aliphatic rings. The molecule has 5 nitrogen and oxygen atoms in total. The summed E-state index contributed by atoms with van der Waals surface area (Å²) >= 11 is 0. The number of hydrogen-bond acceptors (Lipinski definition) is 4. The van der Waals surface area contributed by atoms with E-state index in [1.807, 2.05) is 0 Å². The maximum absolute atomic E-state index is 12.5. The Morgan fingerprint density at radius 1 is 1.44 bits per heavy atom. The van der Waals surface area contributed by atoms with Gasteiger partial charge < -0.3 is 9.47 Å². The molecule has 1 heterocycles. The quantitative estimate of drug-likeness (QED) is 0.676. The normalized spacial score (nSPS) is 22.2. The van der Waals surface area contributed by atoms with E-state index in [1.165, 1.54) is 12.0 Å². The van der Waals surface area contributed by atoms with Crippen LogP contribution in [0.4, 0.5) is 9.18 Å². The predicted octanol–water partition coefficient (Wildman–Crippen LogP) is 2.02. The Balaban J connectivity index is 2.84. The Labute approximate surface area is 106 Å². The number of amides is 1. The lowest BCUT2D eigenvalue weighted by atomic mass is 10.2. The number of rotatable bonds is 1. The summed E-state index contributed by atoms with van der Waals surface area (Å²) in [6.45, 7) is 5.21. The van der Waals surface area contributed by atoms with Crippen LogP contribution in [0.25, 0.3) is 0 Å². The van der Waals surface area contributed by atoms with Crippen molar-refractivity contribution in [3.63, 3.8) is 0 Å². The summed E-state index contributed by atoms with van der Waals surface area (Å²) in [4.78, 5) is 24.6. The van der Waals surface area contributed by atoms with Gasteiger partial charge in [-0.1, -0.05) is 0 Å². The number of ether oxygens (including phenoxy) is 2. The van der Waals surface area contributed by atoms with Crippen molar-refractivity contribution in [3.8, 4) is 0 Å². The first kappa shape index (κ1) is 14.5. The van der Waals surface area contributed by atoms with Crippen LogP contribution in [-0.4, -0.2) is 42.3 Å². The Morgan fingerprint density at radius 2 is 2.06 bits per heavy atom. The highest BCUT2D eigenvalue weighted by molar-refractivity contribution is 5.83. The lowest BCUT2D eigenvalue weighted by Crippen LogP contribution is -2.43. The van der Waals surface area contributed by atoms with Gasteiger partial charge in [-0.05, 0) is 26.3 Å². The minimum Gasteiger partial charge on any atom is -0.467 e. The molecular weight excluding hydrogens is 241 g/mol. The van der Waals surface area contributed by atoms with E-state index in [9.17, 15) is 14.0 Å². The topological polar surface area (TPSA) is 55.8 Å². The van der Waals surface area contributed by atoms with Crippen LogP contribution >= 0.6 is 0 Å². The monoisotopic (exact) mass is 259 g/mol. The number of halogens is 1. The average molecular weight is 259 g/mol. The molecule has 0 saturated carbocycles. The van der Waals surface area contributed by atoms with Crippen molar-refractivity contribution in [2.24, 2.45) is 0 Å². The van der Waals surface area contributed by atoms with Crippen LogP contribution in [0.5, 0.6) is 0 Å². The third kappa shape index (κ3) is 3.45. The van der Waals surface area contributed by atoms with Crippen LogP contribution in [0.15, 0.2) is 11.9 Å². The number of carbonyl (C=O) groups excluding carboxylic acids is 2. The van der Waals surface area contributed by atoms with Crippen molar-refractivity contribution >= 4 is 12.1 Å². The summed E-state index contributed by atoms with van der Waals surface area (Å²) in [6.07, 6.45) is -0.0855. The molecule has 0 unspecified atom stereocenters. The number of esters is 1. The second kappa shape index (κ2) is 5.37. The number of hydrogen-bond donors (Lipinski definition) is 0. The van der Waals surface area contributed by atoms with Gasteiger partial charge in [-0.3, -0.25) is 4.90 Å². The molecule has 0 aromatic carbocycles. The van der Waals surface area contributed by atoms with Crippen LogP contribution in [-0.2, 0) is 14.3 Å². The van der Waals surface area contributed by atoms with E-state index in [0.29, 0.717) is 11.9 Å². The molecule has 0 aliphatic carbocycles. The van der Waals surface area contributed by atoms with Crippen molar-refractivity contribution in [2.75, 3.05) is 13.7 Å². The van der Waals surface area contributed by atoms with E-state index in [1.54, 1.807) is 20.8 Å². The number of nitrogens with zero attached hydrogens (tertiary/aromatic N) is 1. The molecule has 1 fully saturated rings. The smallest absolute Gasteiger partial charge is 0.411 e. The fourth-order valence-electron chi connectivity index (χ4n) is 1.69. The number of methoxy groups -OCH3 is 1. The van der Waals surface area contributed by atoms with Crippen LogP contribution < -0.4 is 0 Å². The van der Waals surface area contributed by atoms with Crippen molar-refractivity contribution in [1.82, 2.24) is 4.90 Å². The molecule has 0 radical (unpaired) electrons. The number of carbonyl (C=O) groups is 2. The Morgan fingerprint density at radius 3 is 2.50 bits per heavy atom. The van der Waals surface area contributed by atoms with Gasteiger partial charge in [-0.25, -0.2) is 14.0 Å². The van der Waals surface area contributed by atoms with E-state index >= 15 is 0 Å². The van der Waals surface area contributed by atoms with Crippen LogP contribution in [0.2, 0.25) is 0 Å². The molecule has 6 heteroatoms. The highest BCUT2D eigenvalue weighted by atomic mass is 19.1. The van der Waals surface area contributed by atoms with E-state index < -0.39 is 23.7 Å². The second-order valence-electron chi connectivity index (χ2n) is 5.12. The fourth-order valence-corrected chi connectivity index (χ4v) is 1.69. The molecule has 0 spiro atoms. The SMILES string of the molecule is COC(=O)[C@H]1CC(=CF)CN1C(=O)OC(C)(C)C. The summed E-state index contributed by atoms with van der Waals surface area (Å²) in [6, 6.07) is -0.813. The van der Waals surface area contributed by atoms with E-state index in [4.69, 9.17) is 4.74 Å². The van der Waals surface area contributed by atoms with Gasteiger partial charge in [-0.15, -0.1) is 0 Å². The molecule has 0 bridgehead atoms. The summed E-state index contributed by atoms with van der Waals surface area (Å²) in [5, 5.41) is 0. The zero-order chi connectivity index (χ0) is 13.9. The Kier molecular flexibility index (Phi) is 4.32. The average Bonchev–Trinajstić information content (AvgIpc) is 2.69. The lowest BCUT2D eigenvalue weighted by Gasteiger charge is -2.27. The summed E-state index contributed by atoms with van der Waals surface area (Å²) in [5.74, 6) is -0.572. The van der Waals surface area contributed by atoms with Crippen molar-refractivity contribution in [1.29, 1.82) is 0 Å². The first-order valence-electron chi connectivity index (χ1n) is 5.64. The van der Waals surface area contributed by atoms with E-state index in [2.05, 4.69) is 4.74 Å². The molecule has 1 saturated heterocycles. The Hall–Kier alpha value is -1.59. The molecule has 18 heavy (non-hydrogen) atoms. The highest BCUT2D eigenvalue weighted by Gasteiger charge is 2.39. The van der Waals surface area contributed by atoms with Crippen molar-refractivity contribution < 1.29 is 23.5 Å². The minimum atomic E-state index is -0.813. The van der Waals surface area contributed by atoms with Gasteiger partial charge in [0.25, 0.3) is 0 Å². The molecule has 102 valence electrons. The largest absolute Gasteiger partial charge is 0.467 e. The predicted molar refractivity (Wildman–Crippen MR) is 62.6 cm³/mol.